The zero-order valence-electron chi connectivity index (χ0n) is 9.63. The predicted octanol–water partition coefficient (Wildman–Crippen LogP) is 2.65. The molecule has 1 atom stereocenters. The highest BCUT2D eigenvalue weighted by Crippen LogP contribution is 2.50. The maximum absolute atomic E-state index is 11.6. The number of carbonyl (C=O) groups excluding carboxylic acids is 1. The van der Waals surface area contributed by atoms with Gasteiger partial charge in [-0.2, -0.15) is 0 Å². The van der Waals surface area contributed by atoms with Gasteiger partial charge in [0.25, 0.3) is 0 Å². The van der Waals surface area contributed by atoms with Gasteiger partial charge in [-0.1, -0.05) is 25.7 Å². The Morgan fingerprint density at radius 1 is 1.13 bits per heavy atom. The van der Waals surface area contributed by atoms with Gasteiger partial charge >= 0.3 is 0 Å². The van der Waals surface area contributed by atoms with E-state index >= 15 is 0 Å². The molecule has 0 aromatic rings. The van der Waals surface area contributed by atoms with Gasteiger partial charge in [0.05, 0.1) is 6.54 Å². The molecule has 0 radical (unpaired) electrons. The predicted molar refractivity (Wildman–Crippen MR) is 61.5 cm³/mol. The fourth-order valence-electron chi connectivity index (χ4n) is 3.58. The highest BCUT2D eigenvalue weighted by Gasteiger charge is 2.40. The Labute approximate surface area is 92.6 Å². The van der Waals surface area contributed by atoms with Gasteiger partial charge in [-0.15, -0.1) is 0 Å². The van der Waals surface area contributed by atoms with Crippen molar-refractivity contribution in [1.82, 2.24) is 0 Å². The van der Waals surface area contributed by atoms with Crippen molar-refractivity contribution in [2.75, 3.05) is 6.54 Å². The molecule has 2 nitrogen and oxygen atoms in total. The number of carbonyl (C=O) groups is 1. The molecule has 2 rings (SSSR count). The molecule has 2 heteroatoms. The third-order valence-electron chi connectivity index (χ3n) is 4.52. The van der Waals surface area contributed by atoms with Gasteiger partial charge in [0.2, 0.25) is 0 Å². The number of rotatable bonds is 2. The minimum Gasteiger partial charge on any atom is -0.324 e. The van der Waals surface area contributed by atoms with E-state index in [0.29, 0.717) is 17.1 Å². The molecule has 0 aromatic carbocycles. The van der Waals surface area contributed by atoms with Crippen molar-refractivity contribution in [2.24, 2.45) is 17.1 Å². The molecule has 0 aromatic heterocycles. The third-order valence-corrected chi connectivity index (χ3v) is 4.52. The summed E-state index contributed by atoms with van der Waals surface area (Å²) in [5.41, 5.74) is 5.98. The van der Waals surface area contributed by atoms with Crippen LogP contribution in [0.3, 0.4) is 0 Å². The van der Waals surface area contributed by atoms with Crippen molar-refractivity contribution >= 4 is 5.78 Å². The molecule has 0 aliphatic heterocycles. The molecule has 1 spiro atoms. The van der Waals surface area contributed by atoms with Crippen LogP contribution in [0.25, 0.3) is 0 Å². The molecule has 0 bridgehead atoms. The summed E-state index contributed by atoms with van der Waals surface area (Å²) in [6.07, 6.45) is 11.8. The lowest BCUT2D eigenvalue weighted by atomic mass is 9.78. The molecule has 1 unspecified atom stereocenters. The molecular formula is C13H23NO. The maximum Gasteiger partial charge on any atom is 0.149 e. The van der Waals surface area contributed by atoms with Gasteiger partial charge in [0.15, 0.2) is 0 Å². The number of hydrogen-bond donors (Lipinski definition) is 1. The fourth-order valence-corrected chi connectivity index (χ4v) is 3.58. The molecule has 2 N–H and O–H groups in total. The largest absolute Gasteiger partial charge is 0.324 e. The van der Waals surface area contributed by atoms with Gasteiger partial charge in [0, 0.05) is 5.92 Å². The summed E-state index contributed by atoms with van der Waals surface area (Å²) in [5.74, 6) is 0.601. The zero-order chi connectivity index (χ0) is 10.7. The average molecular weight is 209 g/mol. The van der Waals surface area contributed by atoms with Crippen LogP contribution < -0.4 is 5.73 Å². The Morgan fingerprint density at radius 2 is 1.80 bits per heavy atom. The standard InChI is InChI=1S/C13H23NO/c14-10-12(15)11-5-8-13(9-11)6-3-1-2-4-7-13/h11H,1-10,14H2. The molecule has 0 saturated heterocycles. The van der Waals surface area contributed by atoms with Crippen molar-refractivity contribution in [2.45, 2.75) is 57.8 Å². The number of nitrogens with two attached hydrogens (primary N) is 1. The van der Waals surface area contributed by atoms with Crippen LogP contribution in [0, 0.1) is 11.3 Å². The van der Waals surface area contributed by atoms with E-state index < -0.39 is 0 Å². The topological polar surface area (TPSA) is 43.1 Å². The highest BCUT2D eigenvalue weighted by atomic mass is 16.1. The van der Waals surface area contributed by atoms with E-state index in [9.17, 15) is 4.79 Å². The van der Waals surface area contributed by atoms with Gasteiger partial charge < -0.3 is 5.73 Å². The van der Waals surface area contributed by atoms with Crippen LogP contribution in [-0.2, 0) is 4.79 Å². The molecule has 0 amide bonds. The summed E-state index contributed by atoms with van der Waals surface area (Å²) in [7, 11) is 0. The van der Waals surface area contributed by atoms with Gasteiger partial charge in [0.1, 0.15) is 5.78 Å². The number of Topliss-reactive ketones (excluding diaryl/α,β-unsaturated/α-hetero) is 1. The molecule has 2 fully saturated rings. The Morgan fingerprint density at radius 3 is 2.40 bits per heavy atom. The van der Waals surface area contributed by atoms with E-state index in [1.807, 2.05) is 0 Å². The van der Waals surface area contributed by atoms with E-state index in [1.54, 1.807) is 0 Å². The van der Waals surface area contributed by atoms with Crippen LogP contribution in [0.5, 0.6) is 0 Å². The lowest BCUT2D eigenvalue weighted by molar-refractivity contribution is -0.121. The van der Waals surface area contributed by atoms with Crippen molar-refractivity contribution < 1.29 is 4.79 Å². The lowest BCUT2D eigenvalue weighted by Crippen LogP contribution is -2.23. The van der Waals surface area contributed by atoms with Gasteiger partial charge in [-0.05, 0) is 37.5 Å². The van der Waals surface area contributed by atoms with Crippen LogP contribution in [0.15, 0.2) is 0 Å². The summed E-state index contributed by atoms with van der Waals surface area (Å²) in [4.78, 5) is 11.6. The van der Waals surface area contributed by atoms with E-state index in [0.717, 1.165) is 12.8 Å². The summed E-state index contributed by atoms with van der Waals surface area (Å²) in [6, 6.07) is 0. The summed E-state index contributed by atoms with van der Waals surface area (Å²) in [5, 5.41) is 0. The summed E-state index contributed by atoms with van der Waals surface area (Å²) >= 11 is 0. The van der Waals surface area contributed by atoms with Crippen molar-refractivity contribution in [3.63, 3.8) is 0 Å². The SMILES string of the molecule is NCC(=O)C1CCC2(CCCCCC2)C1. The lowest BCUT2D eigenvalue weighted by Gasteiger charge is -2.27. The first-order valence-electron chi connectivity index (χ1n) is 6.49. The fraction of sp³-hybridized carbons (Fsp3) is 0.923. The van der Waals surface area contributed by atoms with E-state index in [1.165, 1.54) is 44.9 Å². The van der Waals surface area contributed by atoms with Crippen LogP contribution in [-0.4, -0.2) is 12.3 Å². The smallest absolute Gasteiger partial charge is 0.149 e. The van der Waals surface area contributed by atoms with E-state index in [-0.39, 0.29) is 6.54 Å². The molecular weight excluding hydrogens is 186 g/mol. The van der Waals surface area contributed by atoms with Gasteiger partial charge in [-0.25, -0.2) is 0 Å². The summed E-state index contributed by atoms with van der Waals surface area (Å²) in [6.45, 7) is 0.251. The number of ketones is 1. The molecule has 2 aliphatic rings. The molecule has 2 aliphatic carbocycles. The minimum atomic E-state index is 0.251. The zero-order valence-corrected chi connectivity index (χ0v) is 9.63. The van der Waals surface area contributed by atoms with Crippen molar-refractivity contribution in [3.05, 3.63) is 0 Å². The first kappa shape index (κ1) is 11.1. The molecule has 0 heterocycles. The maximum atomic E-state index is 11.6. The number of hydrogen-bond acceptors (Lipinski definition) is 2. The Bertz CT molecular complexity index is 229. The second-order valence-corrected chi connectivity index (χ2v) is 5.52. The quantitative estimate of drug-likeness (QED) is 0.759. The van der Waals surface area contributed by atoms with Gasteiger partial charge in [-0.3, -0.25) is 4.79 Å². The average Bonchev–Trinajstić information content (AvgIpc) is 2.52. The van der Waals surface area contributed by atoms with E-state index in [4.69, 9.17) is 5.73 Å². The molecule has 2 saturated carbocycles. The Balaban J connectivity index is 1.96. The second kappa shape index (κ2) is 4.65. The monoisotopic (exact) mass is 209 g/mol. The highest BCUT2D eigenvalue weighted by molar-refractivity contribution is 5.83. The second-order valence-electron chi connectivity index (χ2n) is 5.52. The first-order chi connectivity index (χ1) is 7.26. The third kappa shape index (κ3) is 2.41. The molecule has 86 valence electrons. The van der Waals surface area contributed by atoms with E-state index in [2.05, 4.69) is 0 Å². The summed E-state index contributed by atoms with van der Waals surface area (Å²) < 4.78 is 0. The van der Waals surface area contributed by atoms with Crippen molar-refractivity contribution in [1.29, 1.82) is 0 Å². The van der Waals surface area contributed by atoms with Crippen LogP contribution in [0.4, 0.5) is 0 Å². The normalized spacial score (nSPS) is 30.3. The van der Waals surface area contributed by atoms with Crippen LogP contribution in [0.2, 0.25) is 0 Å². The van der Waals surface area contributed by atoms with Crippen molar-refractivity contribution in [3.8, 4) is 0 Å². The molecule has 15 heavy (non-hydrogen) atoms. The Hall–Kier alpha value is -0.370. The van der Waals surface area contributed by atoms with Crippen LogP contribution >= 0.6 is 0 Å². The van der Waals surface area contributed by atoms with Crippen LogP contribution in [0.1, 0.15) is 57.8 Å². The minimum absolute atomic E-state index is 0.251. The first-order valence-corrected chi connectivity index (χ1v) is 6.49. The Kier molecular flexibility index (Phi) is 3.45.